The molecule has 124 valence electrons. The summed E-state index contributed by atoms with van der Waals surface area (Å²) >= 11 is 1.53. The van der Waals surface area contributed by atoms with Gasteiger partial charge in [0, 0.05) is 12.6 Å². The molecule has 1 N–H and O–H groups in total. The van der Waals surface area contributed by atoms with E-state index in [4.69, 9.17) is 4.52 Å². The highest BCUT2D eigenvalue weighted by atomic mass is 32.1. The lowest BCUT2D eigenvalue weighted by Crippen LogP contribution is -2.35. The third-order valence-corrected chi connectivity index (χ3v) is 4.42. The maximum absolute atomic E-state index is 12.7. The summed E-state index contributed by atoms with van der Waals surface area (Å²) in [6.45, 7) is 0.682. The average molecular weight is 342 g/mol. The predicted octanol–water partition coefficient (Wildman–Crippen LogP) is 3.04. The van der Waals surface area contributed by atoms with Gasteiger partial charge in [-0.15, -0.1) is 0 Å². The van der Waals surface area contributed by atoms with E-state index < -0.39 is 6.10 Å². The Hall–Kier alpha value is -2.44. The summed E-state index contributed by atoms with van der Waals surface area (Å²) in [5, 5.41) is 18.0. The van der Waals surface area contributed by atoms with Crippen molar-refractivity contribution in [1.29, 1.82) is 0 Å². The van der Waals surface area contributed by atoms with Crippen LogP contribution >= 0.6 is 11.3 Å². The average Bonchev–Trinajstić information content (AvgIpc) is 3.29. The molecule has 6 heteroatoms. The molecular formula is C18H18N2O3S. The van der Waals surface area contributed by atoms with Crippen LogP contribution in [0, 0.1) is 0 Å². The van der Waals surface area contributed by atoms with Crippen molar-refractivity contribution >= 4 is 17.2 Å². The molecule has 2 heterocycles. The second-order valence-corrected chi connectivity index (χ2v) is 6.28. The fraction of sp³-hybridized carbons (Fsp3) is 0.222. The van der Waals surface area contributed by atoms with Crippen LogP contribution in [-0.2, 0) is 17.8 Å². The zero-order valence-corrected chi connectivity index (χ0v) is 13.9. The fourth-order valence-electron chi connectivity index (χ4n) is 2.43. The molecule has 0 aliphatic heterocycles. The van der Waals surface area contributed by atoms with Crippen molar-refractivity contribution in [3.8, 4) is 0 Å². The lowest BCUT2D eigenvalue weighted by molar-refractivity contribution is -0.132. The zero-order valence-electron chi connectivity index (χ0n) is 13.0. The van der Waals surface area contributed by atoms with Crippen LogP contribution in [0.2, 0.25) is 0 Å². The number of aliphatic hydroxyl groups excluding tert-OH is 1. The second-order valence-electron chi connectivity index (χ2n) is 5.50. The van der Waals surface area contributed by atoms with Crippen LogP contribution in [0.15, 0.2) is 64.0 Å². The van der Waals surface area contributed by atoms with Crippen molar-refractivity contribution in [3.05, 3.63) is 76.3 Å². The number of carbonyl (C=O) groups excluding carboxylic acids is 1. The molecule has 0 fully saturated rings. The number of amides is 1. The van der Waals surface area contributed by atoms with E-state index in [-0.39, 0.29) is 18.9 Å². The van der Waals surface area contributed by atoms with E-state index in [2.05, 4.69) is 5.16 Å². The summed E-state index contributed by atoms with van der Waals surface area (Å²) in [6.07, 6.45) is 0.894. The summed E-state index contributed by atoms with van der Waals surface area (Å²) in [5.41, 5.74) is 2.43. The minimum absolute atomic E-state index is 0.0953. The van der Waals surface area contributed by atoms with E-state index in [0.717, 1.165) is 11.1 Å². The van der Waals surface area contributed by atoms with Gasteiger partial charge in [-0.2, -0.15) is 11.3 Å². The van der Waals surface area contributed by atoms with Crippen molar-refractivity contribution in [3.63, 3.8) is 0 Å². The first-order chi connectivity index (χ1) is 11.7. The molecule has 3 rings (SSSR count). The Labute approximate surface area is 144 Å². The summed E-state index contributed by atoms with van der Waals surface area (Å²) < 4.78 is 4.78. The predicted molar refractivity (Wildman–Crippen MR) is 91.3 cm³/mol. The number of hydrogen-bond donors (Lipinski definition) is 1. The maximum atomic E-state index is 12.7. The van der Waals surface area contributed by atoms with Crippen LogP contribution in [0.25, 0.3) is 0 Å². The van der Waals surface area contributed by atoms with Crippen molar-refractivity contribution in [1.82, 2.24) is 10.1 Å². The van der Waals surface area contributed by atoms with Gasteiger partial charge in [0.1, 0.15) is 6.26 Å². The molecule has 0 saturated carbocycles. The molecule has 1 unspecified atom stereocenters. The molecule has 0 bridgehead atoms. The van der Waals surface area contributed by atoms with Crippen molar-refractivity contribution < 1.29 is 14.4 Å². The van der Waals surface area contributed by atoms with Gasteiger partial charge < -0.3 is 14.5 Å². The third-order valence-electron chi connectivity index (χ3n) is 3.71. The van der Waals surface area contributed by atoms with Crippen molar-refractivity contribution in [2.75, 3.05) is 6.54 Å². The number of rotatable bonds is 7. The largest absolute Gasteiger partial charge is 0.387 e. The molecule has 0 aliphatic rings. The minimum atomic E-state index is -0.707. The molecule has 0 aliphatic carbocycles. The lowest BCUT2D eigenvalue weighted by Gasteiger charge is -2.25. The Morgan fingerprint density at radius 2 is 2.08 bits per heavy atom. The Bertz CT molecular complexity index is 742. The number of aromatic nitrogens is 1. The van der Waals surface area contributed by atoms with E-state index in [1.165, 1.54) is 17.6 Å². The molecule has 0 spiro atoms. The number of thiophene rings is 1. The van der Waals surface area contributed by atoms with Crippen molar-refractivity contribution in [2.24, 2.45) is 0 Å². The van der Waals surface area contributed by atoms with Gasteiger partial charge in [0.05, 0.1) is 24.8 Å². The molecule has 0 saturated heterocycles. The minimum Gasteiger partial charge on any atom is -0.387 e. The first-order valence-corrected chi connectivity index (χ1v) is 8.58. The second kappa shape index (κ2) is 7.90. The molecule has 1 atom stereocenters. The van der Waals surface area contributed by atoms with Gasteiger partial charge in [0.15, 0.2) is 0 Å². The van der Waals surface area contributed by atoms with Gasteiger partial charge in [0.2, 0.25) is 5.91 Å². The van der Waals surface area contributed by atoms with Gasteiger partial charge in [-0.3, -0.25) is 4.79 Å². The van der Waals surface area contributed by atoms with E-state index in [9.17, 15) is 9.90 Å². The van der Waals surface area contributed by atoms with E-state index in [0.29, 0.717) is 12.2 Å². The van der Waals surface area contributed by atoms with E-state index in [1.54, 1.807) is 11.0 Å². The Balaban J connectivity index is 1.73. The van der Waals surface area contributed by atoms with Crippen LogP contribution in [0.4, 0.5) is 0 Å². The smallest absolute Gasteiger partial charge is 0.229 e. The Morgan fingerprint density at radius 1 is 1.25 bits per heavy atom. The highest BCUT2D eigenvalue weighted by molar-refractivity contribution is 7.07. The number of aliphatic hydroxyl groups is 1. The SMILES string of the molecule is O=C(Cc1ccon1)N(Cc1ccccc1)CC(O)c1ccsc1. The van der Waals surface area contributed by atoms with Crippen LogP contribution in [-0.4, -0.2) is 27.6 Å². The molecule has 0 radical (unpaired) electrons. The molecule has 1 aromatic carbocycles. The van der Waals surface area contributed by atoms with E-state index >= 15 is 0 Å². The highest BCUT2D eigenvalue weighted by Crippen LogP contribution is 2.19. The van der Waals surface area contributed by atoms with Crippen LogP contribution in [0.3, 0.4) is 0 Å². The highest BCUT2D eigenvalue weighted by Gasteiger charge is 2.20. The van der Waals surface area contributed by atoms with Crippen LogP contribution in [0.1, 0.15) is 22.9 Å². The number of nitrogens with zero attached hydrogens (tertiary/aromatic N) is 2. The fourth-order valence-corrected chi connectivity index (χ4v) is 3.14. The first-order valence-electron chi connectivity index (χ1n) is 7.63. The Kier molecular flexibility index (Phi) is 5.40. The van der Waals surface area contributed by atoms with Gasteiger partial charge in [0.25, 0.3) is 0 Å². The molecule has 2 aromatic heterocycles. The zero-order chi connectivity index (χ0) is 16.8. The van der Waals surface area contributed by atoms with Gasteiger partial charge in [-0.25, -0.2) is 0 Å². The monoisotopic (exact) mass is 342 g/mol. The maximum Gasteiger partial charge on any atom is 0.229 e. The normalized spacial score (nSPS) is 12.0. The summed E-state index contributed by atoms with van der Waals surface area (Å²) in [5.74, 6) is -0.0953. The third kappa shape index (κ3) is 4.31. The topological polar surface area (TPSA) is 66.6 Å². The quantitative estimate of drug-likeness (QED) is 0.717. The summed E-state index contributed by atoms with van der Waals surface area (Å²) in [4.78, 5) is 14.3. The first kappa shape index (κ1) is 16.4. The van der Waals surface area contributed by atoms with Crippen LogP contribution < -0.4 is 0 Å². The molecule has 5 nitrogen and oxygen atoms in total. The van der Waals surface area contributed by atoms with Gasteiger partial charge >= 0.3 is 0 Å². The van der Waals surface area contributed by atoms with E-state index in [1.807, 2.05) is 47.2 Å². The number of benzene rings is 1. The molecule has 3 aromatic rings. The van der Waals surface area contributed by atoms with Crippen LogP contribution in [0.5, 0.6) is 0 Å². The standard InChI is InChI=1S/C18H18N2O3S/c21-17(15-7-9-24-13-15)12-20(11-14-4-2-1-3-5-14)18(22)10-16-6-8-23-19-16/h1-9,13,17,21H,10-12H2. The Morgan fingerprint density at radius 3 is 2.75 bits per heavy atom. The van der Waals surface area contributed by atoms with Gasteiger partial charge in [-0.1, -0.05) is 35.5 Å². The summed E-state index contributed by atoms with van der Waals surface area (Å²) in [6, 6.07) is 13.3. The molecule has 1 amide bonds. The summed E-state index contributed by atoms with van der Waals surface area (Å²) in [7, 11) is 0. The lowest BCUT2D eigenvalue weighted by atomic mass is 10.1. The number of carbonyl (C=O) groups is 1. The van der Waals surface area contributed by atoms with Gasteiger partial charge in [-0.05, 0) is 28.0 Å². The molecular weight excluding hydrogens is 324 g/mol. The molecule has 24 heavy (non-hydrogen) atoms. The number of hydrogen-bond acceptors (Lipinski definition) is 5. The van der Waals surface area contributed by atoms with Crippen molar-refractivity contribution in [2.45, 2.75) is 19.1 Å².